The average molecular weight is 459 g/mol. The minimum Gasteiger partial charge on any atom is -0.384 e. The highest BCUT2D eigenvalue weighted by molar-refractivity contribution is 5.87. The van der Waals surface area contributed by atoms with Crippen molar-refractivity contribution in [3.05, 3.63) is 59.8 Å². The van der Waals surface area contributed by atoms with Crippen LogP contribution in [0.3, 0.4) is 0 Å². The second-order valence-electron chi connectivity index (χ2n) is 9.36. The zero-order chi connectivity index (χ0) is 23.5. The lowest BCUT2D eigenvalue weighted by molar-refractivity contribution is -0.159. The number of alkyl halides is 2. The Morgan fingerprint density at radius 1 is 1.15 bits per heavy atom. The van der Waals surface area contributed by atoms with E-state index < -0.39 is 29.8 Å². The molecule has 1 aliphatic heterocycles. The summed E-state index contributed by atoms with van der Waals surface area (Å²) in [5, 5.41) is 14.6. The van der Waals surface area contributed by atoms with Crippen molar-refractivity contribution < 1.29 is 18.7 Å². The summed E-state index contributed by atoms with van der Waals surface area (Å²) in [6.45, 7) is 2.19. The maximum atomic E-state index is 14.2. The van der Waals surface area contributed by atoms with Crippen LogP contribution < -0.4 is 11.1 Å². The number of hydrogen-bond acceptors (Lipinski definition) is 5. The second-order valence-corrected chi connectivity index (χ2v) is 9.36. The summed E-state index contributed by atoms with van der Waals surface area (Å²) in [5.41, 5.74) is 5.05. The molecule has 0 radical (unpaired) electrons. The van der Waals surface area contributed by atoms with Crippen molar-refractivity contribution in [2.75, 3.05) is 18.8 Å². The molecular weight excluding hydrogens is 426 g/mol. The van der Waals surface area contributed by atoms with Crippen molar-refractivity contribution in [1.82, 2.24) is 15.2 Å². The lowest BCUT2D eigenvalue weighted by atomic mass is 9.71. The van der Waals surface area contributed by atoms with Gasteiger partial charge in [-0.25, -0.2) is 13.8 Å². The van der Waals surface area contributed by atoms with Crippen LogP contribution in [-0.4, -0.2) is 46.0 Å². The first kappa shape index (κ1) is 23.6. The number of carbonyl (C=O) groups excluding carboxylic acids is 1. The molecule has 1 saturated heterocycles. The number of halogens is 2. The quantitative estimate of drug-likeness (QED) is 0.617. The summed E-state index contributed by atoms with van der Waals surface area (Å²) in [5.74, 6) is -3.79. The molecule has 1 unspecified atom stereocenters. The topological polar surface area (TPSA) is 91.5 Å². The summed E-state index contributed by atoms with van der Waals surface area (Å²) in [6.07, 6.45) is 1.41. The lowest BCUT2D eigenvalue weighted by Gasteiger charge is -2.41. The monoisotopic (exact) mass is 458 g/mol. The number of nitrogen functional groups attached to an aromatic ring is 1. The Bertz CT molecular complexity index is 950. The number of carbonyl (C=O) groups is 1. The maximum Gasteiger partial charge on any atom is 0.257 e. The van der Waals surface area contributed by atoms with Crippen LogP contribution in [0.25, 0.3) is 0 Å². The van der Waals surface area contributed by atoms with Gasteiger partial charge in [-0.05, 0) is 43.4 Å². The largest absolute Gasteiger partial charge is 0.384 e. The van der Waals surface area contributed by atoms with Gasteiger partial charge in [-0.15, -0.1) is 0 Å². The van der Waals surface area contributed by atoms with Crippen LogP contribution >= 0.6 is 0 Å². The van der Waals surface area contributed by atoms with Gasteiger partial charge in [0.05, 0.1) is 5.69 Å². The number of likely N-dealkylation sites (tertiary alicyclic amines) is 1. The van der Waals surface area contributed by atoms with E-state index in [9.17, 15) is 18.7 Å². The van der Waals surface area contributed by atoms with E-state index in [0.29, 0.717) is 37.2 Å². The summed E-state index contributed by atoms with van der Waals surface area (Å²) in [7, 11) is 0. The molecule has 0 bridgehead atoms. The highest BCUT2D eigenvalue weighted by atomic mass is 19.3. The molecule has 6 nitrogen and oxygen atoms in total. The average Bonchev–Trinajstić information content (AvgIpc) is 2.80. The van der Waals surface area contributed by atoms with Crippen molar-refractivity contribution in [3.63, 3.8) is 0 Å². The number of rotatable bonds is 6. The van der Waals surface area contributed by atoms with E-state index in [4.69, 9.17) is 5.73 Å². The molecule has 1 aromatic heterocycles. The molecule has 1 aromatic carbocycles. The number of pyridine rings is 1. The van der Waals surface area contributed by atoms with Crippen molar-refractivity contribution in [2.45, 2.75) is 62.6 Å². The highest BCUT2D eigenvalue weighted by Crippen LogP contribution is 2.45. The van der Waals surface area contributed by atoms with Gasteiger partial charge in [0.2, 0.25) is 5.92 Å². The molecule has 1 saturated carbocycles. The first-order valence-electron chi connectivity index (χ1n) is 11.7. The standard InChI is InChI=1S/C25H32F2N4O2/c26-24(27)13-5-8-19(16-24)25(33,18-6-2-1-3-7-18)23(32)30-20-11-14-31(15-12-20)17-21-9-4-10-22(28)29-21/h1-4,6-7,9-10,19-20,33H,5,8,11-17H2,(H2,28,29)(H,30,32)/t19?,25-/m0/s1. The predicted octanol–water partition coefficient (Wildman–Crippen LogP) is 3.46. The summed E-state index contributed by atoms with van der Waals surface area (Å²) >= 11 is 0. The van der Waals surface area contributed by atoms with Gasteiger partial charge in [0.25, 0.3) is 5.91 Å². The van der Waals surface area contributed by atoms with E-state index in [1.54, 1.807) is 36.4 Å². The number of anilines is 1. The molecule has 2 aliphatic rings. The number of piperidine rings is 1. The van der Waals surface area contributed by atoms with Crippen LogP contribution in [0.15, 0.2) is 48.5 Å². The minimum absolute atomic E-state index is 0.123. The number of benzene rings is 1. The molecule has 1 aliphatic carbocycles. The number of aliphatic hydroxyl groups is 1. The molecule has 2 atom stereocenters. The maximum absolute atomic E-state index is 14.2. The van der Waals surface area contributed by atoms with Gasteiger partial charge >= 0.3 is 0 Å². The lowest BCUT2D eigenvalue weighted by Crippen LogP contribution is -2.55. The molecular formula is C25H32F2N4O2. The highest BCUT2D eigenvalue weighted by Gasteiger charge is 2.51. The number of aromatic nitrogens is 1. The van der Waals surface area contributed by atoms with Crippen molar-refractivity contribution in [2.24, 2.45) is 5.92 Å². The van der Waals surface area contributed by atoms with Crippen molar-refractivity contribution in [1.29, 1.82) is 0 Å². The summed E-state index contributed by atoms with van der Waals surface area (Å²) in [6, 6.07) is 14.0. The Morgan fingerprint density at radius 2 is 1.88 bits per heavy atom. The van der Waals surface area contributed by atoms with Gasteiger partial charge in [0.15, 0.2) is 5.60 Å². The fraction of sp³-hybridized carbons (Fsp3) is 0.520. The Kier molecular flexibility index (Phi) is 6.95. The second kappa shape index (κ2) is 9.73. The van der Waals surface area contributed by atoms with E-state index in [1.807, 2.05) is 12.1 Å². The zero-order valence-electron chi connectivity index (χ0n) is 18.7. The minimum atomic E-state index is -2.87. The van der Waals surface area contributed by atoms with Gasteiger partial charge < -0.3 is 16.2 Å². The molecule has 2 heterocycles. The number of nitrogens with zero attached hydrogens (tertiary/aromatic N) is 2. The van der Waals surface area contributed by atoms with Crippen molar-refractivity contribution >= 4 is 11.7 Å². The van der Waals surface area contributed by atoms with E-state index in [1.165, 1.54) is 0 Å². The number of hydrogen-bond donors (Lipinski definition) is 3. The van der Waals surface area contributed by atoms with E-state index in [-0.39, 0.29) is 18.9 Å². The molecule has 2 fully saturated rings. The predicted molar refractivity (Wildman–Crippen MR) is 122 cm³/mol. The first-order chi connectivity index (χ1) is 15.8. The Labute approximate surface area is 193 Å². The van der Waals surface area contributed by atoms with Crippen LogP contribution in [0.4, 0.5) is 14.6 Å². The zero-order valence-corrected chi connectivity index (χ0v) is 18.7. The van der Waals surface area contributed by atoms with Gasteiger partial charge in [0, 0.05) is 44.4 Å². The van der Waals surface area contributed by atoms with Crippen LogP contribution in [-0.2, 0) is 16.9 Å². The molecule has 178 valence electrons. The normalized spacial score (nSPS) is 23.5. The number of nitrogens with one attached hydrogen (secondary N) is 1. The summed E-state index contributed by atoms with van der Waals surface area (Å²) < 4.78 is 28.4. The Morgan fingerprint density at radius 3 is 2.55 bits per heavy atom. The Balaban J connectivity index is 1.42. The fourth-order valence-electron chi connectivity index (χ4n) is 5.12. The van der Waals surface area contributed by atoms with Crippen LogP contribution in [0.5, 0.6) is 0 Å². The van der Waals surface area contributed by atoms with Gasteiger partial charge in [-0.2, -0.15) is 0 Å². The van der Waals surface area contributed by atoms with Crippen molar-refractivity contribution in [3.8, 4) is 0 Å². The molecule has 4 rings (SSSR count). The fourth-order valence-corrected chi connectivity index (χ4v) is 5.12. The SMILES string of the molecule is Nc1cccc(CN2CCC(NC(=O)[C@](O)(c3ccccc3)C3CCCC(F)(F)C3)CC2)n1. The molecule has 33 heavy (non-hydrogen) atoms. The first-order valence-corrected chi connectivity index (χ1v) is 11.7. The third-order valence-corrected chi connectivity index (χ3v) is 6.93. The number of nitrogens with two attached hydrogens (primary N) is 1. The number of amides is 1. The van der Waals surface area contributed by atoms with Crippen LogP contribution in [0.1, 0.15) is 49.8 Å². The molecule has 4 N–H and O–H groups in total. The van der Waals surface area contributed by atoms with E-state index in [2.05, 4.69) is 15.2 Å². The van der Waals surface area contributed by atoms with E-state index in [0.717, 1.165) is 18.8 Å². The van der Waals surface area contributed by atoms with Gasteiger partial charge in [0.1, 0.15) is 5.82 Å². The van der Waals surface area contributed by atoms with Crippen LogP contribution in [0, 0.1) is 5.92 Å². The van der Waals surface area contributed by atoms with E-state index >= 15 is 0 Å². The molecule has 2 aromatic rings. The smallest absolute Gasteiger partial charge is 0.257 e. The summed E-state index contributed by atoms with van der Waals surface area (Å²) in [4.78, 5) is 20.0. The Hall–Kier alpha value is -2.58. The molecule has 8 heteroatoms. The van der Waals surface area contributed by atoms with Gasteiger partial charge in [-0.1, -0.05) is 36.4 Å². The third kappa shape index (κ3) is 5.50. The third-order valence-electron chi connectivity index (χ3n) is 6.93. The van der Waals surface area contributed by atoms with Gasteiger partial charge in [-0.3, -0.25) is 9.69 Å². The van der Waals surface area contributed by atoms with Crippen LogP contribution in [0.2, 0.25) is 0 Å². The molecule has 1 amide bonds. The molecule has 0 spiro atoms.